The minimum absolute atomic E-state index is 0.0285. The highest BCUT2D eigenvalue weighted by molar-refractivity contribution is 5.78. The van der Waals surface area contributed by atoms with Crippen LogP contribution in [0.3, 0.4) is 0 Å². The Bertz CT molecular complexity index is 2060. The predicted molar refractivity (Wildman–Crippen MR) is 253 cm³/mol. The molecule has 1 aliphatic rings. The number of esters is 2. The molecule has 0 spiro atoms. The van der Waals surface area contributed by atoms with Gasteiger partial charge in [0.05, 0.1) is 82.9 Å². The van der Waals surface area contributed by atoms with Crippen molar-refractivity contribution < 1.29 is 86.7 Å². The molecule has 27 heteroatoms. The third-order valence-corrected chi connectivity index (χ3v) is 10.5. The predicted octanol–water partition coefficient (Wildman–Crippen LogP) is 0.131. The van der Waals surface area contributed by atoms with Crippen molar-refractivity contribution in [3.8, 4) is 23.0 Å². The topological polar surface area (TPSA) is 369 Å². The summed E-state index contributed by atoms with van der Waals surface area (Å²) in [5, 5.41) is 53.7. The number of rotatable bonds is 32. The molecule has 404 valence electrons. The summed E-state index contributed by atoms with van der Waals surface area (Å²) in [5.41, 5.74) is 5.70. The number of aliphatic hydroxyl groups excluding tert-OH is 2. The van der Waals surface area contributed by atoms with Gasteiger partial charge in [0, 0.05) is 70.2 Å². The first-order valence-electron chi connectivity index (χ1n) is 22.9. The van der Waals surface area contributed by atoms with Gasteiger partial charge in [0.1, 0.15) is 31.0 Å². The molecule has 1 aliphatic heterocycles. The van der Waals surface area contributed by atoms with Gasteiger partial charge in [-0.25, -0.2) is 0 Å². The van der Waals surface area contributed by atoms with E-state index in [1.807, 2.05) is 0 Å². The summed E-state index contributed by atoms with van der Waals surface area (Å²) in [5.74, 6) is -0.732. The Morgan fingerprint density at radius 2 is 1.22 bits per heavy atom. The highest BCUT2D eigenvalue weighted by atomic mass is 16.6. The highest BCUT2D eigenvalue weighted by Gasteiger charge is 2.43. The smallest absolute Gasteiger partial charge is 0.319 e. The number of nitrogens with two attached hydrogens (primary N) is 1. The average Bonchev–Trinajstić information content (AvgIpc) is 3.36. The van der Waals surface area contributed by atoms with E-state index in [2.05, 4.69) is 30.7 Å². The molecule has 8 N–H and O–H groups in total. The van der Waals surface area contributed by atoms with Crippen molar-refractivity contribution in [2.45, 2.75) is 88.9 Å². The molecule has 2 aromatic carbocycles. The van der Waals surface area contributed by atoms with Gasteiger partial charge >= 0.3 is 11.9 Å². The van der Waals surface area contributed by atoms with E-state index in [-0.39, 0.29) is 113 Å². The molecule has 0 radical (unpaired) electrons. The van der Waals surface area contributed by atoms with Gasteiger partial charge in [0.2, 0.25) is 17.7 Å². The van der Waals surface area contributed by atoms with Crippen LogP contribution in [-0.4, -0.2) is 175 Å². The summed E-state index contributed by atoms with van der Waals surface area (Å²) in [6.45, 7) is 2.71. The van der Waals surface area contributed by atoms with Crippen molar-refractivity contribution in [1.82, 2.24) is 21.3 Å². The van der Waals surface area contributed by atoms with Crippen LogP contribution >= 0.6 is 0 Å². The van der Waals surface area contributed by atoms with E-state index in [4.69, 9.17) is 38.9 Å². The van der Waals surface area contributed by atoms with Crippen LogP contribution < -0.4 is 45.9 Å². The highest BCUT2D eigenvalue weighted by Crippen LogP contribution is 2.36. The molecule has 1 saturated heterocycles. The number of ether oxygens (including phenoxy) is 9. The normalized spacial score (nSPS) is 17.0. The number of nitrogens with zero attached hydrogens (tertiary/aromatic N) is 2. The third kappa shape index (κ3) is 21.9. The Morgan fingerprint density at radius 1 is 0.694 bits per heavy atom. The number of nitro groups is 2. The first-order valence-corrected chi connectivity index (χ1v) is 22.9. The second-order valence-corrected chi connectivity index (χ2v) is 15.7. The summed E-state index contributed by atoms with van der Waals surface area (Å²) in [4.78, 5) is 80.1. The number of carbonyl (C=O) groups is 5. The molecule has 1 heterocycles. The molecule has 0 bridgehead atoms. The maximum atomic E-state index is 12.1. The lowest BCUT2D eigenvalue weighted by Crippen LogP contribution is -2.58. The molecule has 72 heavy (non-hydrogen) atoms. The number of aryl methyl sites for hydroxylation is 1. The largest absolute Gasteiger partial charge is 0.493 e. The van der Waals surface area contributed by atoms with Gasteiger partial charge in [-0.1, -0.05) is 0 Å². The van der Waals surface area contributed by atoms with Crippen LogP contribution in [-0.2, 0) is 60.6 Å². The van der Waals surface area contributed by atoms with Crippen LogP contribution in [0.15, 0.2) is 24.3 Å². The molecule has 0 saturated carbocycles. The number of hydrogen-bond acceptors (Lipinski definition) is 22. The first kappa shape index (κ1) is 61.6. The molecular weight excluding hydrogens is 959 g/mol. The second-order valence-electron chi connectivity index (χ2n) is 15.7. The minimum atomic E-state index is -1.14. The Labute approximate surface area is 416 Å². The zero-order valence-corrected chi connectivity index (χ0v) is 41.4. The van der Waals surface area contributed by atoms with Crippen LogP contribution in [0.4, 0.5) is 11.4 Å². The maximum absolute atomic E-state index is 12.1. The number of aliphatic hydroxyl groups is 2. The van der Waals surface area contributed by atoms with Gasteiger partial charge in [-0.3, -0.25) is 44.2 Å². The average molecular weight is 1030 g/mol. The fourth-order valence-electron chi connectivity index (χ4n) is 6.80. The number of hydrogen-bond donors (Lipinski definition) is 7. The molecular formula is C45H69N7O20. The molecule has 3 amide bonds. The lowest BCUT2D eigenvalue weighted by atomic mass is 9.96. The number of nitrogens with one attached hydrogen (secondary N) is 4. The first-order chi connectivity index (χ1) is 34.4. The molecule has 2 aromatic rings. The van der Waals surface area contributed by atoms with Gasteiger partial charge in [-0.15, -0.1) is 0 Å². The molecule has 5 unspecified atom stereocenters. The zero-order chi connectivity index (χ0) is 53.6. The Hall–Kier alpha value is -6.49. The Morgan fingerprint density at radius 3 is 1.74 bits per heavy atom. The van der Waals surface area contributed by atoms with Crippen LogP contribution in [0.1, 0.15) is 56.6 Å². The molecule has 1 fully saturated rings. The van der Waals surface area contributed by atoms with Crippen LogP contribution in [0, 0.1) is 20.2 Å². The fourth-order valence-corrected chi connectivity index (χ4v) is 6.80. The third-order valence-electron chi connectivity index (χ3n) is 10.5. The number of amides is 3. The van der Waals surface area contributed by atoms with E-state index in [0.717, 1.165) is 0 Å². The maximum Gasteiger partial charge on any atom is 0.319 e. The fraction of sp³-hybridized carbons (Fsp3) is 0.622. The standard InChI is InChI=1S/C28H43N3O13.C17H26N4O7/c1-17-26(35)27(36)28(41-4)22(44-17)15-42-16-24(33)30-11-10-29-23(32)8-6-12-43-21-14-19(31(37)38)18(13-20(21)39-2)7-5-9-25(34)40-3;1-26-14-8-12(10-19-11-17(23)27-2)13(21(24)25)9-15(14)28-7-3-4-16(22)20-6-5-18/h13-14,17,22,26-28,35-36H,5-12,15-16H2,1-4H3,(H,29,32)(H,30,33);8-9,19H,3-7,10-11,18H2,1-2H3,(H,20,22). The van der Waals surface area contributed by atoms with Crippen LogP contribution in [0.2, 0.25) is 0 Å². The summed E-state index contributed by atoms with van der Waals surface area (Å²) in [6, 6.07) is 5.52. The number of methoxy groups -OCH3 is 5. The number of carbonyl (C=O) groups excluding carboxylic acids is 5. The zero-order valence-electron chi connectivity index (χ0n) is 41.4. The van der Waals surface area contributed by atoms with Crippen molar-refractivity contribution in [3.05, 3.63) is 55.6 Å². The monoisotopic (exact) mass is 1030 g/mol. The van der Waals surface area contributed by atoms with Crippen LogP contribution in [0.25, 0.3) is 0 Å². The van der Waals surface area contributed by atoms with E-state index in [1.165, 1.54) is 59.8 Å². The summed E-state index contributed by atoms with van der Waals surface area (Å²) < 4.78 is 47.1. The van der Waals surface area contributed by atoms with E-state index in [0.29, 0.717) is 55.0 Å². The van der Waals surface area contributed by atoms with E-state index >= 15 is 0 Å². The quantitative estimate of drug-likeness (QED) is 0.0222. The van der Waals surface area contributed by atoms with Crippen molar-refractivity contribution in [3.63, 3.8) is 0 Å². The Balaban J connectivity index is 0.000000546. The molecule has 0 aromatic heterocycles. The van der Waals surface area contributed by atoms with Gasteiger partial charge in [0.25, 0.3) is 11.4 Å². The van der Waals surface area contributed by atoms with Gasteiger partial charge in [-0.05, 0) is 44.7 Å². The number of benzene rings is 2. The van der Waals surface area contributed by atoms with E-state index < -0.39 is 58.2 Å². The van der Waals surface area contributed by atoms with Crippen LogP contribution in [0.5, 0.6) is 23.0 Å². The van der Waals surface area contributed by atoms with Gasteiger partial charge < -0.3 is 79.8 Å². The second kappa shape index (κ2) is 34.0. The molecule has 5 atom stereocenters. The van der Waals surface area contributed by atoms with Crippen molar-refractivity contribution in [2.24, 2.45) is 5.73 Å². The lowest BCUT2D eigenvalue weighted by Gasteiger charge is -2.40. The van der Waals surface area contributed by atoms with Gasteiger partial charge in [-0.2, -0.15) is 0 Å². The van der Waals surface area contributed by atoms with E-state index in [1.54, 1.807) is 6.92 Å². The summed E-state index contributed by atoms with van der Waals surface area (Å²) in [7, 11) is 6.73. The van der Waals surface area contributed by atoms with Gasteiger partial charge in [0.15, 0.2) is 23.0 Å². The molecule has 3 rings (SSSR count). The summed E-state index contributed by atoms with van der Waals surface area (Å²) in [6.07, 6.45) is -2.45. The lowest BCUT2D eigenvalue weighted by molar-refractivity contribution is -0.385. The van der Waals surface area contributed by atoms with Crippen molar-refractivity contribution in [1.29, 1.82) is 0 Å². The Kier molecular flexibility index (Phi) is 29.1. The summed E-state index contributed by atoms with van der Waals surface area (Å²) >= 11 is 0. The molecule has 27 nitrogen and oxygen atoms in total. The number of nitro benzene ring substituents is 2. The van der Waals surface area contributed by atoms with Crippen molar-refractivity contribution in [2.75, 3.05) is 94.7 Å². The van der Waals surface area contributed by atoms with Crippen molar-refractivity contribution >= 4 is 41.0 Å². The van der Waals surface area contributed by atoms with E-state index in [9.17, 15) is 54.4 Å². The SMILES string of the molecule is COC(=O)CCCc1cc(OC)c(OCCCC(=O)NCCNC(=O)COCC2OC(C)C(O)C(O)C2OC)cc1[N+](=O)[O-].COC(=O)CNCc1cc(OC)c(OCCCC(=O)NCCN)cc1[N+](=O)[O-]. The molecule has 0 aliphatic carbocycles. The minimum Gasteiger partial charge on any atom is -0.493 e.